The zero-order valence-electron chi connectivity index (χ0n) is 20.2. The summed E-state index contributed by atoms with van der Waals surface area (Å²) in [5, 5.41) is 27.7. The first-order valence-electron chi connectivity index (χ1n) is 11.4. The Morgan fingerprint density at radius 3 is 1.25 bits per heavy atom. The van der Waals surface area contributed by atoms with E-state index in [2.05, 4.69) is 0 Å². The van der Waals surface area contributed by atoms with Crippen LogP contribution in [-0.2, 0) is 0 Å². The molecule has 0 heterocycles. The average molecular weight is 491 g/mol. The van der Waals surface area contributed by atoms with Crippen LogP contribution < -0.4 is 18.9 Å². The third-order valence-corrected chi connectivity index (χ3v) is 4.94. The highest BCUT2D eigenvalue weighted by Crippen LogP contribution is 2.26. The van der Waals surface area contributed by atoms with Crippen molar-refractivity contribution < 1.29 is 34.3 Å². The number of rotatable bonds is 9. The normalized spacial score (nSPS) is 11.0. The topological polar surface area (TPSA) is 97.6 Å². The van der Waals surface area contributed by atoms with Crippen molar-refractivity contribution in [2.45, 2.75) is 19.4 Å². The average Bonchev–Trinajstić information content (AvgIpc) is 2.91. The first-order chi connectivity index (χ1) is 17.4. The van der Waals surface area contributed by atoms with E-state index < -0.39 is 6.10 Å². The van der Waals surface area contributed by atoms with Crippen LogP contribution in [0, 0.1) is 0 Å². The van der Waals surface area contributed by atoms with Gasteiger partial charge < -0.3 is 34.3 Å². The Kier molecular flexibility index (Phi) is 9.85. The molecule has 0 aliphatic heterocycles. The lowest BCUT2D eigenvalue weighted by Gasteiger charge is -2.11. The van der Waals surface area contributed by atoms with Gasteiger partial charge in [0.15, 0.2) is 0 Å². The summed E-state index contributed by atoms with van der Waals surface area (Å²) in [5.41, 5.74) is 0. The molecule has 4 rings (SSSR count). The monoisotopic (exact) mass is 490 g/mol. The standard InChI is InChI=1S/C16H18O4.C13H12O3/c1-2-12(17)11-19-14-7-9-16(10-8-14)20-15-5-3-13(18)4-6-15;1-15-11-6-8-13(9-7-11)16-12-4-2-10(14)3-5-12/h3-10,12,17-18H,2,11H2,1H3;2-9,14H,1H3. The Hall–Kier alpha value is -4.36. The van der Waals surface area contributed by atoms with Gasteiger partial charge in [-0.2, -0.15) is 0 Å². The SMILES string of the molecule is CCC(O)COc1ccc(Oc2ccc(O)cc2)cc1.COc1ccc(Oc2ccc(O)cc2)cc1. The number of hydrogen-bond acceptors (Lipinski definition) is 7. The van der Waals surface area contributed by atoms with Crippen molar-refractivity contribution in [3.05, 3.63) is 97.1 Å². The Morgan fingerprint density at radius 1 is 0.556 bits per heavy atom. The second-order valence-electron chi connectivity index (χ2n) is 7.71. The minimum atomic E-state index is -0.442. The van der Waals surface area contributed by atoms with Gasteiger partial charge in [-0.3, -0.25) is 0 Å². The smallest absolute Gasteiger partial charge is 0.127 e. The summed E-state index contributed by atoms with van der Waals surface area (Å²) in [6.45, 7) is 2.19. The van der Waals surface area contributed by atoms with Crippen LogP contribution in [0.15, 0.2) is 97.1 Å². The fourth-order valence-electron chi connectivity index (χ4n) is 2.86. The van der Waals surface area contributed by atoms with Crippen LogP contribution in [0.5, 0.6) is 46.0 Å². The number of methoxy groups -OCH3 is 1. The second-order valence-corrected chi connectivity index (χ2v) is 7.71. The molecule has 7 heteroatoms. The Labute approximate surface area is 210 Å². The molecule has 4 aromatic rings. The maximum Gasteiger partial charge on any atom is 0.127 e. The summed E-state index contributed by atoms with van der Waals surface area (Å²) < 4.78 is 21.7. The van der Waals surface area contributed by atoms with Crippen LogP contribution in [0.2, 0.25) is 0 Å². The van der Waals surface area contributed by atoms with Crippen molar-refractivity contribution >= 4 is 0 Å². The number of phenols is 2. The molecule has 0 aromatic heterocycles. The van der Waals surface area contributed by atoms with Crippen LogP contribution in [0.25, 0.3) is 0 Å². The molecule has 7 nitrogen and oxygen atoms in total. The van der Waals surface area contributed by atoms with Crippen LogP contribution >= 0.6 is 0 Å². The fraction of sp³-hybridized carbons (Fsp3) is 0.172. The predicted molar refractivity (Wildman–Crippen MR) is 138 cm³/mol. The minimum Gasteiger partial charge on any atom is -0.508 e. The lowest BCUT2D eigenvalue weighted by molar-refractivity contribution is 0.104. The Bertz CT molecular complexity index is 1160. The third-order valence-electron chi connectivity index (χ3n) is 4.94. The fourth-order valence-corrected chi connectivity index (χ4v) is 2.86. The van der Waals surface area contributed by atoms with Crippen molar-refractivity contribution in [2.75, 3.05) is 13.7 Å². The summed E-state index contributed by atoms with van der Waals surface area (Å²) in [5.74, 6) is 4.65. The molecule has 0 saturated heterocycles. The van der Waals surface area contributed by atoms with E-state index in [0.717, 1.165) is 11.5 Å². The van der Waals surface area contributed by atoms with Gasteiger partial charge in [0, 0.05) is 0 Å². The Balaban J connectivity index is 0.000000205. The number of hydrogen-bond donors (Lipinski definition) is 3. The first-order valence-corrected chi connectivity index (χ1v) is 11.4. The van der Waals surface area contributed by atoms with Gasteiger partial charge in [-0.05, 0) is 103 Å². The van der Waals surface area contributed by atoms with Crippen LogP contribution in [-0.4, -0.2) is 35.1 Å². The molecular weight excluding hydrogens is 460 g/mol. The van der Waals surface area contributed by atoms with E-state index in [1.165, 1.54) is 0 Å². The third kappa shape index (κ3) is 8.77. The summed E-state index contributed by atoms with van der Waals surface area (Å²) >= 11 is 0. The van der Waals surface area contributed by atoms with E-state index in [1.54, 1.807) is 79.9 Å². The van der Waals surface area contributed by atoms with Gasteiger partial charge in [0.1, 0.15) is 52.6 Å². The van der Waals surface area contributed by atoms with Gasteiger partial charge in [-0.1, -0.05) is 6.92 Å². The summed E-state index contributed by atoms with van der Waals surface area (Å²) in [4.78, 5) is 0. The highest BCUT2D eigenvalue weighted by atomic mass is 16.5. The molecule has 1 unspecified atom stereocenters. The van der Waals surface area contributed by atoms with Crippen LogP contribution in [0.4, 0.5) is 0 Å². The van der Waals surface area contributed by atoms with Crippen molar-refractivity contribution in [3.8, 4) is 46.0 Å². The van der Waals surface area contributed by atoms with E-state index in [-0.39, 0.29) is 18.1 Å². The highest BCUT2D eigenvalue weighted by Gasteiger charge is 2.03. The number of phenolic OH excluding ortho intramolecular Hbond substituents is 2. The number of aromatic hydroxyl groups is 2. The Morgan fingerprint density at radius 2 is 0.889 bits per heavy atom. The second kappa shape index (κ2) is 13.5. The molecule has 0 aliphatic carbocycles. The van der Waals surface area contributed by atoms with Gasteiger partial charge >= 0.3 is 0 Å². The highest BCUT2D eigenvalue weighted by molar-refractivity contribution is 5.38. The zero-order valence-corrected chi connectivity index (χ0v) is 20.2. The predicted octanol–water partition coefficient (Wildman–Crippen LogP) is 6.53. The summed E-state index contributed by atoms with van der Waals surface area (Å²) in [6, 6.07) is 27.6. The van der Waals surface area contributed by atoms with Gasteiger partial charge in [0.25, 0.3) is 0 Å². The van der Waals surface area contributed by atoms with Gasteiger partial charge in [-0.25, -0.2) is 0 Å². The van der Waals surface area contributed by atoms with Gasteiger partial charge in [-0.15, -0.1) is 0 Å². The largest absolute Gasteiger partial charge is 0.508 e. The molecule has 0 saturated carbocycles. The number of aliphatic hydroxyl groups excluding tert-OH is 1. The maximum absolute atomic E-state index is 9.42. The number of benzene rings is 4. The number of aliphatic hydroxyl groups is 1. The molecule has 36 heavy (non-hydrogen) atoms. The first kappa shape index (κ1) is 26.2. The maximum atomic E-state index is 9.42. The lowest BCUT2D eigenvalue weighted by Crippen LogP contribution is -2.15. The van der Waals surface area contributed by atoms with Crippen LogP contribution in [0.3, 0.4) is 0 Å². The molecule has 0 bridgehead atoms. The zero-order chi connectivity index (χ0) is 25.8. The molecule has 0 aliphatic rings. The van der Waals surface area contributed by atoms with Crippen LogP contribution in [0.1, 0.15) is 13.3 Å². The molecule has 1 atom stereocenters. The van der Waals surface area contributed by atoms with Gasteiger partial charge in [0.2, 0.25) is 0 Å². The van der Waals surface area contributed by atoms with Crippen molar-refractivity contribution in [1.82, 2.24) is 0 Å². The van der Waals surface area contributed by atoms with E-state index in [9.17, 15) is 10.2 Å². The van der Waals surface area contributed by atoms with Crippen molar-refractivity contribution in [1.29, 1.82) is 0 Å². The summed E-state index contributed by atoms with van der Waals surface area (Å²) in [7, 11) is 1.62. The minimum absolute atomic E-state index is 0.204. The van der Waals surface area contributed by atoms with E-state index in [0.29, 0.717) is 29.4 Å². The molecule has 3 N–H and O–H groups in total. The van der Waals surface area contributed by atoms with E-state index in [4.69, 9.17) is 24.1 Å². The van der Waals surface area contributed by atoms with Crippen molar-refractivity contribution in [3.63, 3.8) is 0 Å². The van der Waals surface area contributed by atoms with E-state index >= 15 is 0 Å². The van der Waals surface area contributed by atoms with Crippen molar-refractivity contribution in [2.24, 2.45) is 0 Å². The molecule has 188 valence electrons. The molecule has 4 aromatic carbocycles. The molecule has 0 fully saturated rings. The molecule has 0 amide bonds. The molecular formula is C29H30O7. The summed E-state index contributed by atoms with van der Waals surface area (Å²) in [6.07, 6.45) is 0.227. The van der Waals surface area contributed by atoms with Gasteiger partial charge in [0.05, 0.1) is 13.2 Å². The molecule has 0 spiro atoms. The quantitative estimate of drug-likeness (QED) is 0.245. The molecule has 0 radical (unpaired) electrons. The van der Waals surface area contributed by atoms with E-state index in [1.807, 2.05) is 31.2 Å². The number of ether oxygens (including phenoxy) is 4. The lowest BCUT2D eigenvalue weighted by atomic mass is 10.3.